The van der Waals surface area contributed by atoms with E-state index in [4.69, 9.17) is 4.98 Å². The Balaban J connectivity index is 0.000000464. The van der Waals surface area contributed by atoms with Gasteiger partial charge in [-0.2, -0.15) is 13.2 Å². The summed E-state index contributed by atoms with van der Waals surface area (Å²) in [5, 5.41) is 1.88. The Kier molecular flexibility index (Phi) is 5.52. The average molecular weight is 473 g/mol. The Morgan fingerprint density at radius 2 is 1.66 bits per heavy atom. The molecule has 174 valence electrons. The van der Waals surface area contributed by atoms with Crippen LogP contribution in [0.4, 0.5) is 13.2 Å². The fourth-order valence-corrected chi connectivity index (χ4v) is 3.84. The molecule has 0 radical (unpaired) electrons. The Morgan fingerprint density at radius 1 is 0.886 bits per heavy atom. The molecule has 0 aliphatic rings. The van der Waals surface area contributed by atoms with Crippen LogP contribution in [0.3, 0.4) is 0 Å². The van der Waals surface area contributed by atoms with E-state index in [1.54, 1.807) is 29.1 Å². The van der Waals surface area contributed by atoms with Crippen LogP contribution in [0.2, 0.25) is 0 Å². The molecule has 6 nitrogen and oxygen atoms in total. The maximum Gasteiger partial charge on any atom is 0.386 e. The molecule has 0 unspecified atom stereocenters. The first-order valence-corrected chi connectivity index (χ1v) is 10.7. The highest BCUT2D eigenvalue weighted by molar-refractivity contribution is 6.02. The minimum absolute atomic E-state index is 0.108. The number of fused-ring (bicyclic) bond motifs is 4. The van der Waals surface area contributed by atoms with Gasteiger partial charge in [0, 0.05) is 53.6 Å². The quantitative estimate of drug-likeness (QED) is 0.311. The first kappa shape index (κ1) is 22.3. The molecule has 0 aliphatic heterocycles. The van der Waals surface area contributed by atoms with Crippen molar-refractivity contribution in [1.29, 1.82) is 0 Å². The summed E-state index contributed by atoms with van der Waals surface area (Å²) >= 11 is 0. The van der Waals surface area contributed by atoms with Crippen LogP contribution in [0.1, 0.15) is 6.92 Å². The molecule has 0 bridgehead atoms. The van der Waals surface area contributed by atoms with E-state index in [9.17, 15) is 18.0 Å². The number of rotatable bonds is 2. The molecule has 1 aromatic carbocycles. The van der Waals surface area contributed by atoms with Gasteiger partial charge < -0.3 is 4.98 Å². The number of benzene rings is 1. The van der Waals surface area contributed by atoms with E-state index in [1.807, 2.05) is 54.7 Å². The molecular formula is C26H18F3N5O. The van der Waals surface area contributed by atoms with E-state index in [0.29, 0.717) is 5.52 Å². The molecule has 6 aromatic rings. The van der Waals surface area contributed by atoms with Gasteiger partial charge in [-0.3, -0.25) is 14.3 Å². The zero-order valence-electron chi connectivity index (χ0n) is 18.4. The van der Waals surface area contributed by atoms with Gasteiger partial charge in [0.25, 0.3) is 5.56 Å². The van der Waals surface area contributed by atoms with E-state index in [0.717, 1.165) is 44.4 Å². The second-order valence-corrected chi connectivity index (χ2v) is 7.89. The summed E-state index contributed by atoms with van der Waals surface area (Å²) < 4.78 is 32.8. The lowest BCUT2D eigenvalue weighted by Gasteiger charge is -2.12. The third kappa shape index (κ3) is 4.61. The maximum atomic E-state index is 12.9. The fraction of sp³-hybridized carbons (Fsp3) is 0.0769. The van der Waals surface area contributed by atoms with Gasteiger partial charge in [-0.25, -0.2) is 9.97 Å². The molecule has 0 spiro atoms. The molecule has 0 saturated carbocycles. The number of halogens is 3. The van der Waals surface area contributed by atoms with E-state index in [-0.39, 0.29) is 12.5 Å². The highest BCUT2D eigenvalue weighted by atomic mass is 19.4. The van der Waals surface area contributed by atoms with Crippen molar-refractivity contribution in [3.8, 4) is 16.9 Å². The molecule has 1 N–H and O–H groups in total. The van der Waals surface area contributed by atoms with E-state index in [1.165, 1.54) is 0 Å². The first-order chi connectivity index (χ1) is 16.8. The van der Waals surface area contributed by atoms with Crippen molar-refractivity contribution in [2.24, 2.45) is 0 Å². The van der Waals surface area contributed by atoms with Crippen LogP contribution in [-0.2, 0) is 0 Å². The third-order valence-corrected chi connectivity index (χ3v) is 5.27. The zero-order chi connectivity index (χ0) is 24.6. The highest BCUT2D eigenvalue weighted by Crippen LogP contribution is 2.27. The van der Waals surface area contributed by atoms with Gasteiger partial charge >= 0.3 is 6.18 Å². The van der Waals surface area contributed by atoms with Crippen LogP contribution in [0.25, 0.3) is 49.9 Å². The van der Waals surface area contributed by atoms with Crippen molar-refractivity contribution in [1.82, 2.24) is 24.5 Å². The van der Waals surface area contributed by atoms with Crippen LogP contribution in [0.5, 0.6) is 0 Å². The summed E-state index contributed by atoms with van der Waals surface area (Å²) in [4.78, 5) is 29.9. The van der Waals surface area contributed by atoms with Crippen molar-refractivity contribution in [2.75, 3.05) is 0 Å². The molecule has 9 heteroatoms. The Bertz CT molecular complexity index is 1720. The predicted molar refractivity (Wildman–Crippen MR) is 129 cm³/mol. The first-order valence-electron chi connectivity index (χ1n) is 10.7. The van der Waals surface area contributed by atoms with E-state index in [2.05, 4.69) is 21.0 Å². The second-order valence-electron chi connectivity index (χ2n) is 7.89. The largest absolute Gasteiger partial charge is 0.386 e. The van der Waals surface area contributed by atoms with E-state index >= 15 is 0 Å². The Labute approximate surface area is 196 Å². The van der Waals surface area contributed by atoms with Crippen molar-refractivity contribution in [3.63, 3.8) is 0 Å². The number of nitrogens with one attached hydrogen (secondary N) is 1. The Hall–Kier alpha value is -4.53. The molecule has 5 aromatic heterocycles. The van der Waals surface area contributed by atoms with Gasteiger partial charge in [0.1, 0.15) is 11.2 Å². The van der Waals surface area contributed by atoms with Gasteiger partial charge in [0.2, 0.25) is 0 Å². The average Bonchev–Trinajstić information content (AvgIpc) is 3.31. The second kappa shape index (κ2) is 8.68. The molecule has 6 rings (SSSR count). The molecular weight excluding hydrogens is 455 g/mol. The lowest BCUT2D eigenvalue weighted by molar-refractivity contribution is -0.110. The molecule has 0 saturated heterocycles. The number of pyridine rings is 4. The number of nitrogens with zero attached hydrogens (tertiary/aromatic N) is 4. The fourth-order valence-electron chi connectivity index (χ4n) is 3.84. The van der Waals surface area contributed by atoms with Gasteiger partial charge in [-0.15, -0.1) is 0 Å². The summed E-state index contributed by atoms with van der Waals surface area (Å²) in [6.45, 7) is 0.188. The van der Waals surface area contributed by atoms with Crippen molar-refractivity contribution >= 4 is 33.0 Å². The summed E-state index contributed by atoms with van der Waals surface area (Å²) in [7, 11) is 0. The van der Waals surface area contributed by atoms with Crippen molar-refractivity contribution < 1.29 is 13.2 Å². The van der Waals surface area contributed by atoms with Crippen LogP contribution in [-0.4, -0.2) is 30.7 Å². The highest BCUT2D eigenvalue weighted by Gasteiger charge is 2.16. The predicted octanol–water partition coefficient (Wildman–Crippen LogP) is 6.05. The smallest absolute Gasteiger partial charge is 0.346 e. The summed E-state index contributed by atoms with van der Waals surface area (Å²) in [5.74, 6) is 0. The van der Waals surface area contributed by atoms with Crippen LogP contribution >= 0.6 is 0 Å². The molecule has 0 aliphatic carbocycles. The minimum Gasteiger partial charge on any atom is -0.346 e. The standard InChI is InChI=1S/C24H15N5O.C2H3F3/c30-21-9-6-16-13-26-20-8-7-19(17-12-15-10-11-25-24(15)27-14-17)28-22(20)23(16)29(21)18-4-2-1-3-5-18;1-2(3,4)5/h1-14H,(H,25,27);1H3. The molecule has 0 fully saturated rings. The SMILES string of the molecule is CC(F)(F)F.O=c1ccc2cnc3ccc(-c4cnc5[nH]ccc5c4)nc3c2n1-c1ccccc1. The molecule has 0 atom stereocenters. The van der Waals surface area contributed by atoms with Crippen LogP contribution in [0.15, 0.2) is 90.1 Å². The summed E-state index contributed by atoms with van der Waals surface area (Å²) in [5.41, 5.74) is 5.37. The number of aromatic nitrogens is 5. The lowest BCUT2D eigenvalue weighted by Crippen LogP contribution is -2.17. The number of hydrogen-bond donors (Lipinski definition) is 1. The van der Waals surface area contributed by atoms with Gasteiger partial charge in [-0.1, -0.05) is 18.2 Å². The molecule has 5 heterocycles. The van der Waals surface area contributed by atoms with E-state index < -0.39 is 6.18 Å². The number of H-pyrrole nitrogens is 1. The molecule has 0 amide bonds. The Morgan fingerprint density at radius 3 is 2.43 bits per heavy atom. The van der Waals surface area contributed by atoms with Gasteiger partial charge in [-0.05, 0) is 42.5 Å². The van der Waals surface area contributed by atoms with Gasteiger partial charge in [0.15, 0.2) is 0 Å². The van der Waals surface area contributed by atoms with Crippen LogP contribution < -0.4 is 5.56 Å². The zero-order valence-corrected chi connectivity index (χ0v) is 18.4. The number of hydrogen-bond acceptors (Lipinski definition) is 4. The monoisotopic (exact) mass is 473 g/mol. The van der Waals surface area contributed by atoms with Gasteiger partial charge in [0.05, 0.1) is 16.7 Å². The molecule has 35 heavy (non-hydrogen) atoms. The minimum atomic E-state index is -4.00. The maximum absolute atomic E-state index is 12.9. The number of alkyl halides is 3. The van der Waals surface area contributed by atoms with Crippen molar-refractivity contribution in [2.45, 2.75) is 13.1 Å². The van der Waals surface area contributed by atoms with Crippen LogP contribution in [0, 0.1) is 0 Å². The normalized spacial score (nSPS) is 11.5. The summed E-state index contributed by atoms with van der Waals surface area (Å²) in [6, 6.07) is 20.9. The number of para-hydroxylation sites is 1. The number of aromatic amines is 1. The topological polar surface area (TPSA) is 76.5 Å². The third-order valence-electron chi connectivity index (χ3n) is 5.27. The van der Waals surface area contributed by atoms with Crippen molar-refractivity contribution in [3.05, 3.63) is 95.7 Å². The summed E-state index contributed by atoms with van der Waals surface area (Å²) in [6.07, 6.45) is 1.45. The lowest BCUT2D eigenvalue weighted by atomic mass is 10.1.